The monoisotopic (exact) mass is 355 g/mol. The van der Waals surface area contributed by atoms with Crippen LogP contribution in [0.3, 0.4) is 0 Å². The maximum absolute atomic E-state index is 13.1. The summed E-state index contributed by atoms with van der Waals surface area (Å²) in [5.41, 5.74) is -1.22. The number of thiophene rings is 1. The first-order chi connectivity index (χ1) is 11.2. The molecule has 0 aliphatic rings. The summed E-state index contributed by atoms with van der Waals surface area (Å²) in [6.45, 7) is 6.07. The van der Waals surface area contributed by atoms with Crippen LogP contribution < -0.4 is 5.32 Å². The number of aromatic nitrogens is 4. The summed E-state index contributed by atoms with van der Waals surface area (Å²) in [5, 5.41) is 9.11. The number of anilines is 1. The van der Waals surface area contributed by atoms with Crippen LogP contribution >= 0.6 is 11.3 Å². The molecule has 3 aromatic heterocycles. The summed E-state index contributed by atoms with van der Waals surface area (Å²) in [6, 6.07) is 4.65. The highest BCUT2D eigenvalue weighted by Gasteiger charge is 2.35. The van der Waals surface area contributed by atoms with Crippen LogP contribution in [-0.2, 0) is 6.18 Å². The fraction of sp³-hybridized carbons (Fsp3) is 0.400. The van der Waals surface area contributed by atoms with Gasteiger partial charge in [-0.05, 0) is 16.9 Å². The quantitative estimate of drug-likeness (QED) is 0.756. The van der Waals surface area contributed by atoms with Crippen LogP contribution in [0, 0.1) is 5.41 Å². The van der Waals surface area contributed by atoms with Crippen LogP contribution in [0.2, 0.25) is 0 Å². The summed E-state index contributed by atoms with van der Waals surface area (Å²) in [4.78, 5) is 8.34. The number of hydrogen-bond donors (Lipinski definition) is 1. The first kappa shape index (κ1) is 16.7. The fourth-order valence-electron chi connectivity index (χ4n) is 2.38. The van der Waals surface area contributed by atoms with Gasteiger partial charge in [-0.15, -0.1) is 11.3 Å². The minimum atomic E-state index is -4.55. The summed E-state index contributed by atoms with van der Waals surface area (Å²) < 4.78 is 40.6. The lowest BCUT2D eigenvalue weighted by Gasteiger charge is -2.31. The number of halogens is 3. The smallest absolute Gasteiger partial charge is 0.362 e. The molecule has 5 nitrogen and oxygen atoms in total. The largest absolute Gasteiger partial charge is 0.433 e. The molecule has 1 N–H and O–H groups in total. The fourth-order valence-corrected chi connectivity index (χ4v) is 3.40. The molecule has 0 saturated carbocycles. The Morgan fingerprint density at radius 1 is 1.25 bits per heavy atom. The molecule has 1 unspecified atom stereocenters. The van der Waals surface area contributed by atoms with E-state index in [9.17, 15) is 13.2 Å². The third-order valence-electron chi connectivity index (χ3n) is 3.53. The second-order valence-electron chi connectivity index (χ2n) is 6.46. The summed E-state index contributed by atoms with van der Waals surface area (Å²) in [5.74, 6) is 0.115. The van der Waals surface area contributed by atoms with Gasteiger partial charge in [0.15, 0.2) is 5.69 Å². The predicted molar refractivity (Wildman–Crippen MR) is 85.9 cm³/mol. The second-order valence-corrected chi connectivity index (χ2v) is 7.43. The van der Waals surface area contributed by atoms with Crippen molar-refractivity contribution in [2.24, 2.45) is 5.41 Å². The molecule has 0 aliphatic carbocycles. The van der Waals surface area contributed by atoms with Crippen molar-refractivity contribution in [1.29, 1.82) is 0 Å². The van der Waals surface area contributed by atoms with Crippen molar-refractivity contribution in [1.82, 2.24) is 19.6 Å². The van der Waals surface area contributed by atoms with Crippen LogP contribution in [0.1, 0.15) is 37.4 Å². The molecule has 0 fully saturated rings. The van der Waals surface area contributed by atoms with E-state index in [1.54, 1.807) is 11.3 Å². The molecule has 24 heavy (non-hydrogen) atoms. The molecule has 128 valence electrons. The van der Waals surface area contributed by atoms with Gasteiger partial charge in [-0.3, -0.25) is 0 Å². The molecular formula is C15H16F3N5S. The number of nitrogens with one attached hydrogen (secondary N) is 1. The standard InChI is InChI=1S/C15H16F3N5S/c1-14(2,3)12(9-5-4-6-24-9)22-11-7-10(15(16,17)18)21-13-19-8-20-23(11)13/h4-8,12,22H,1-3H3. The Hall–Kier alpha value is -2.16. The van der Waals surface area contributed by atoms with Crippen LogP contribution in [0.4, 0.5) is 19.0 Å². The van der Waals surface area contributed by atoms with E-state index in [-0.39, 0.29) is 23.1 Å². The van der Waals surface area contributed by atoms with E-state index >= 15 is 0 Å². The molecular weight excluding hydrogens is 339 g/mol. The SMILES string of the molecule is CC(C)(C)C(Nc1cc(C(F)(F)F)nc2ncnn12)c1cccs1. The molecule has 1 atom stereocenters. The average molecular weight is 355 g/mol. The zero-order chi connectivity index (χ0) is 17.5. The van der Waals surface area contributed by atoms with Gasteiger partial charge in [0, 0.05) is 10.9 Å². The van der Waals surface area contributed by atoms with Crippen molar-refractivity contribution in [3.05, 3.63) is 40.5 Å². The third-order valence-corrected chi connectivity index (χ3v) is 4.47. The first-order valence-corrected chi connectivity index (χ1v) is 8.12. The van der Waals surface area contributed by atoms with E-state index in [2.05, 4.69) is 20.4 Å². The van der Waals surface area contributed by atoms with Crippen molar-refractivity contribution in [2.45, 2.75) is 33.0 Å². The van der Waals surface area contributed by atoms with Gasteiger partial charge >= 0.3 is 6.18 Å². The minimum absolute atomic E-state index is 0.0915. The van der Waals surface area contributed by atoms with Gasteiger partial charge in [0.2, 0.25) is 0 Å². The number of alkyl halides is 3. The molecule has 0 bridgehead atoms. The van der Waals surface area contributed by atoms with Crippen molar-refractivity contribution in [2.75, 3.05) is 5.32 Å². The van der Waals surface area contributed by atoms with E-state index < -0.39 is 11.9 Å². The highest BCUT2D eigenvalue weighted by Crippen LogP contribution is 2.38. The Morgan fingerprint density at radius 2 is 2.00 bits per heavy atom. The lowest BCUT2D eigenvalue weighted by atomic mass is 9.86. The van der Waals surface area contributed by atoms with Crippen molar-refractivity contribution >= 4 is 22.9 Å². The summed E-state index contributed by atoms with van der Waals surface area (Å²) in [7, 11) is 0. The van der Waals surface area contributed by atoms with E-state index in [1.165, 1.54) is 10.8 Å². The van der Waals surface area contributed by atoms with Gasteiger partial charge in [0.1, 0.15) is 12.1 Å². The number of hydrogen-bond acceptors (Lipinski definition) is 5. The van der Waals surface area contributed by atoms with E-state index in [1.807, 2.05) is 38.3 Å². The average Bonchev–Trinajstić information content (AvgIpc) is 3.13. The van der Waals surface area contributed by atoms with Gasteiger partial charge in [-0.2, -0.15) is 27.8 Å². The maximum atomic E-state index is 13.1. The van der Waals surface area contributed by atoms with Gasteiger partial charge in [-0.25, -0.2) is 4.98 Å². The molecule has 3 aromatic rings. The zero-order valence-electron chi connectivity index (χ0n) is 13.3. The lowest BCUT2D eigenvalue weighted by Crippen LogP contribution is -2.26. The van der Waals surface area contributed by atoms with Crippen LogP contribution in [0.25, 0.3) is 5.78 Å². The van der Waals surface area contributed by atoms with Crippen molar-refractivity contribution in [3.63, 3.8) is 0 Å². The van der Waals surface area contributed by atoms with Gasteiger partial charge in [0.05, 0.1) is 6.04 Å². The summed E-state index contributed by atoms with van der Waals surface area (Å²) >= 11 is 1.55. The lowest BCUT2D eigenvalue weighted by molar-refractivity contribution is -0.141. The molecule has 0 spiro atoms. The Balaban J connectivity index is 2.09. The van der Waals surface area contributed by atoms with E-state index in [4.69, 9.17) is 0 Å². The topological polar surface area (TPSA) is 55.1 Å². The number of rotatable bonds is 3. The normalized spacial score (nSPS) is 14.1. The van der Waals surface area contributed by atoms with Crippen LogP contribution in [0.5, 0.6) is 0 Å². The zero-order valence-corrected chi connectivity index (χ0v) is 14.1. The van der Waals surface area contributed by atoms with Gasteiger partial charge in [0.25, 0.3) is 5.78 Å². The maximum Gasteiger partial charge on any atom is 0.433 e. The Labute approximate surface area is 140 Å². The highest BCUT2D eigenvalue weighted by atomic mass is 32.1. The molecule has 0 radical (unpaired) electrons. The van der Waals surface area contributed by atoms with E-state index in [0.717, 1.165) is 10.9 Å². The molecule has 3 rings (SSSR count). The van der Waals surface area contributed by atoms with Crippen LogP contribution in [-0.4, -0.2) is 19.6 Å². The Morgan fingerprint density at radius 3 is 2.58 bits per heavy atom. The third kappa shape index (κ3) is 3.21. The molecule has 0 amide bonds. The first-order valence-electron chi connectivity index (χ1n) is 7.24. The summed E-state index contributed by atoms with van der Waals surface area (Å²) in [6.07, 6.45) is -3.37. The van der Waals surface area contributed by atoms with Crippen LogP contribution in [0.15, 0.2) is 29.9 Å². The Kier molecular flexibility index (Phi) is 3.98. The van der Waals surface area contributed by atoms with Gasteiger partial charge in [-0.1, -0.05) is 26.8 Å². The Bertz CT molecular complexity index is 833. The molecule has 3 heterocycles. The number of nitrogens with zero attached hydrogens (tertiary/aromatic N) is 4. The van der Waals surface area contributed by atoms with Gasteiger partial charge < -0.3 is 5.32 Å². The minimum Gasteiger partial charge on any atom is -0.362 e. The number of fused-ring (bicyclic) bond motifs is 1. The predicted octanol–water partition coefficient (Wildman–Crippen LogP) is 4.40. The highest BCUT2D eigenvalue weighted by molar-refractivity contribution is 7.10. The molecule has 9 heteroatoms. The molecule has 0 aliphatic heterocycles. The molecule has 0 aromatic carbocycles. The van der Waals surface area contributed by atoms with Crippen molar-refractivity contribution < 1.29 is 13.2 Å². The van der Waals surface area contributed by atoms with E-state index in [0.29, 0.717) is 0 Å². The molecule has 0 saturated heterocycles. The second kappa shape index (κ2) is 5.73. The van der Waals surface area contributed by atoms with Crippen molar-refractivity contribution in [3.8, 4) is 0 Å².